The fourth-order valence-corrected chi connectivity index (χ4v) is 5.38. The van der Waals surface area contributed by atoms with E-state index in [-0.39, 0.29) is 10.8 Å². The molecule has 3 nitrogen and oxygen atoms in total. The number of rotatable bonds is 7. The van der Waals surface area contributed by atoms with E-state index < -0.39 is 0 Å². The van der Waals surface area contributed by atoms with Gasteiger partial charge in [0.2, 0.25) is 0 Å². The maximum Gasteiger partial charge on any atom is 0.168 e. The van der Waals surface area contributed by atoms with Crippen molar-refractivity contribution in [1.29, 1.82) is 0 Å². The summed E-state index contributed by atoms with van der Waals surface area (Å²) < 4.78 is 2.30. The number of hydrogen-bond donors (Lipinski definition) is 0. The van der Waals surface area contributed by atoms with Gasteiger partial charge in [-0.2, -0.15) is 0 Å². The zero-order valence-corrected chi connectivity index (χ0v) is 25.8. The van der Waals surface area contributed by atoms with Crippen LogP contribution in [0.3, 0.4) is 0 Å². The average Bonchev–Trinajstić information content (AvgIpc) is 3.27. The summed E-state index contributed by atoms with van der Waals surface area (Å²) in [4.78, 5) is 0. The molecule has 0 bridgehead atoms. The standard InChI is InChI=1S/C36H47N3/c1-24(2)18-26-20-27(19-25(3)4)22-29(21-26)34-38-37-33(28-14-13-15-30(23-28)35(5,6)7)39(34)32-17-12-11-16-31(32)36(8,9)10/h11-17,20-25H,18-19H2,1-10H3. The third kappa shape index (κ3) is 6.69. The monoisotopic (exact) mass is 521 g/mol. The van der Waals surface area contributed by atoms with Crippen LogP contribution in [0.4, 0.5) is 0 Å². The third-order valence-electron chi connectivity index (χ3n) is 7.20. The van der Waals surface area contributed by atoms with Crippen LogP contribution < -0.4 is 0 Å². The molecule has 3 aromatic carbocycles. The highest BCUT2D eigenvalue weighted by molar-refractivity contribution is 5.69. The van der Waals surface area contributed by atoms with Gasteiger partial charge in [-0.1, -0.05) is 112 Å². The van der Waals surface area contributed by atoms with Gasteiger partial charge in [-0.05, 0) is 82.0 Å². The molecule has 0 aliphatic carbocycles. The average molecular weight is 522 g/mol. The van der Waals surface area contributed by atoms with Gasteiger partial charge in [0.25, 0.3) is 0 Å². The van der Waals surface area contributed by atoms with Crippen molar-refractivity contribution in [3.05, 3.63) is 89.0 Å². The van der Waals surface area contributed by atoms with E-state index in [0.717, 1.165) is 41.3 Å². The Labute approximate surface area is 236 Å². The summed E-state index contributed by atoms with van der Waals surface area (Å²) in [5.74, 6) is 2.95. The molecule has 0 aliphatic rings. The molecule has 4 aromatic rings. The summed E-state index contributed by atoms with van der Waals surface area (Å²) in [6.45, 7) is 22.8. The molecule has 0 saturated carbocycles. The van der Waals surface area contributed by atoms with Gasteiger partial charge in [-0.25, -0.2) is 0 Å². The number of aromatic nitrogens is 3. The lowest BCUT2D eigenvalue weighted by molar-refractivity contribution is 0.586. The first kappa shape index (κ1) is 28.8. The molecule has 0 amide bonds. The molecule has 206 valence electrons. The Hall–Kier alpha value is -3.20. The van der Waals surface area contributed by atoms with E-state index in [0.29, 0.717) is 11.8 Å². The van der Waals surface area contributed by atoms with Crippen molar-refractivity contribution in [1.82, 2.24) is 14.8 Å². The van der Waals surface area contributed by atoms with Crippen LogP contribution in [0.1, 0.15) is 91.5 Å². The van der Waals surface area contributed by atoms with Crippen molar-refractivity contribution in [2.75, 3.05) is 0 Å². The highest BCUT2D eigenvalue weighted by Gasteiger charge is 2.25. The second kappa shape index (κ2) is 11.1. The summed E-state index contributed by atoms with van der Waals surface area (Å²) in [6, 6.07) is 24.6. The van der Waals surface area contributed by atoms with E-state index in [9.17, 15) is 0 Å². The molecule has 0 fully saturated rings. The Morgan fingerprint density at radius 3 is 1.72 bits per heavy atom. The van der Waals surface area contributed by atoms with Crippen LogP contribution in [0.15, 0.2) is 66.7 Å². The van der Waals surface area contributed by atoms with Crippen molar-refractivity contribution < 1.29 is 0 Å². The molecule has 0 radical (unpaired) electrons. The van der Waals surface area contributed by atoms with Gasteiger partial charge in [0.1, 0.15) is 0 Å². The van der Waals surface area contributed by atoms with E-state index in [1.165, 1.54) is 22.3 Å². The van der Waals surface area contributed by atoms with Gasteiger partial charge in [0.15, 0.2) is 11.6 Å². The molecular weight excluding hydrogens is 474 g/mol. The first-order valence-electron chi connectivity index (χ1n) is 14.5. The van der Waals surface area contributed by atoms with Crippen LogP contribution in [-0.4, -0.2) is 14.8 Å². The minimum Gasteiger partial charge on any atom is -0.275 e. The van der Waals surface area contributed by atoms with Crippen LogP contribution in [0, 0.1) is 11.8 Å². The predicted molar refractivity (Wildman–Crippen MR) is 167 cm³/mol. The normalized spacial score (nSPS) is 12.5. The van der Waals surface area contributed by atoms with Gasteiger partial charge in [-0.3, -0.25) is 4.57 Å². The number of nitrogens with zero attached hydrogens (tertiary/aromatic N) is 3. The highest BCUT2D eigenvalue weighted by Crippen LogP contribution is 2.36. The Kier molecular flexibility index (Phi) is 8.21. The molecular formula is C36H47N3. The van der Waals surface area contributed by atoms with Crippen LogP contribution in [0.2, 0.25) is 0 Å². The van der Waals surface area contributed by atoms with Crippen LogP contribution >= 0.6 is 0 Å². The molecule has 0 saturated heterocycles. The van der Waals surface area contributed by atoms with Gasteiger partial charge in [0, 0.05) is 11.1 Å². The quantitative estimate of drug-likeness (QED) is 0.242. The fraction of sp³-hybridized carbons (Fsp3) is 0.444. The van der Waals surface area contributed by atoms with Crippen LogP contribution in [0.5, 0.6) is 0 Å². The molecule has 0 aliphatic heterocycles. The molecule has 4 rings (SSSR count). The summed E-state index contributed by atoms with van der Waals surface area (Å²) >= 11 is 0. The molecule has 0 atom stereocenters. The maximum atomic E-state index is 4.91. The van der Waals surface area contributed by atoms with Crippen molar-refractivity contribution in [3.63, 3.8) is 0 Å². The Balaban J connectivity index is 2.03. The third-order valence-corrected chi connectivity index (χ3v) is 7.20. The van der Waals surface area contributed by atoms with Gasteiger partial charge < -0.3 is 0 Å². The summed E-state index contributed by atoms with van der Waals surface area (Å²) in [5, 5.41) is 9.79. The first-order chi connectivity index (χ1) is 18.2. The molecule has 39 heavy (non-hydrogen) atoms. The van der Waals surface area contributed by atoms with E-state index in [2.05, 4.69) is 141 Å². The van der Waals surface area contributed by atoms with E-state index in [1.807, 2.05) is 0 Å². The Bertz CT molecular complexity index is 1400. The SMILES string of the molecule is CC(C)Cc1cc(CC(C)C)cc(-c2nnc(-c3cccc(C(C)(C)C)c3)n2-c2ccccc2C(C)(C)C)c1. The summed E-state index contributed by atoms with van der Waals surface area (Å²) in [6.07, 6.45) is 2.10. The predicted octanol–water partition coefficient (Wildman–Crippen LogP) is 9.59. The Morgan fingerprint density at radius 2 is 1.18 bits per heavy atom. The van der Waals surface area contributed by atoms with Gasteiger partial charge in [-0.15, -0.1) is 10.2 Å². The van der Waals surface area contributed by atoms with Crippen LogP contribution in [-0.2, 0) is 23.7 Å². The highest BCUT2D eigenvalue weighted by atomic mass is 15.3. The molecule has 0 N–H and O–H groups in total. The Morgan fingerprint density at radius 1 is 0.615 bits per heavy atom. The summed E-state index contributed by atoms with van der Waals surface area (Å²) in [7, 11) is 0. The zero-order valence-electron chi connectivity index (χ0n) is 25.8. The van der Waals surface area contributed by atoms with E-state index in [1.54, 1.807) is 0 Å². The number of hydrogen-bond acceptors (Lipinski definition) is 2. The van der Waals surface area contributed by atoms with Gasteiger partial charge >= 0.3 is 0 Å². The maximum absolute atomic E-state index is 4.91. The topological polar surface area (TPSA) is 30.7 Å². The van der Waals surface area contributed by atoms with Crippen LogP contribution in [0.25, 0.3) is 28.5 Å². The minimum atomic E-state index is -0.0368. The van der Waals surface area contributed by atoms with Gasteiger partial charge in [0.05, 0.1) is 5.69 Å². The van der Waals surface area contributed by atoms with E-state index in [4.69, 9.17) is 10.2 Å². The lowest BCUT2D eigenvalue weighted by Crippen LogP contribution is -2.16. The zero-order chi connectivity index (χ0) is 28.5. The molecule has 1 heterocycles. The molecule has 3 heteroatoms. The lowest BCUT2D eigenvalue weighted by Gasteiger charge is -2.25. The van der Waals surface area contributed by atoms with Crippen molar-refractivity contribution in [2.24, 2.45) is 11.8 Å². The molecule has 1 aromatic heterocycles. The lowest BCUT2D eigenvalue weighted by atomic mass is 9.85. The molecule has 0 spiro atoms. The second-order valence-corrected chi connectivity index (χ2v) is 14.0. The smallest absolute Gasteiger partial charge is 0.168 e. The number of para-hydroxylation sites is 1. The second-order valence-electron chi connectivity index (χ2n) is 14.0. The van der Waals surface area contributed by atoms with Crippen molar-refractivity contribution >= 4 is 0 Å². The summed E-state index contributed by atoms with van der Waals surface area (Å²) in [5.41, 5.74) is 8.68. The largest absolute Gasteiger partial charge is 0.275 e. The fourth-order valence-electron chi connectivity index (χ4n) is 5.38. The molecule has 0 unspecified atom stereocenters. The van der Waals surface area contributed by atoms with E-state index >= 15 is 0 Å². The number of benzene rings is 3. The minimum absolute atomic E-state index is 0.0368. The first-order valence-corrected chi connectivity index (χ1v) is 14.5. The van der Waals surface area contributed by atoms with Crippen molar-refractivity contribution in [2.45, 2.75) is 92.9 Å². The van der Waals surface area contributed by atoms with Crippen molar-refractivity contribution in [3.8, 4) is 28.5 Å².